The van der Waals surface area contributed by atoms with E-state index in [1.165, 1.54) is 0 Å². The highest BCUT2D eigenvalue weighted by Crippen LogP contribution is 2.26. The lowest BCUT2D eigenvalue weighted by atomic mass is 10.0. The van der Waals surface area contributed by atoms with Crippen LogP contribution < -0.4 is 4.72 Å². The average molecular weight is 438 g/mol. The molecule has 0 bridgehead atoms. The predicted octanol–water partition coefficient (Wildman–Crippen LogP) is 1.17. The van der Waals surface area contributed by atoms with Gasteiger partial charge in [0.25, 0.3) is 5.91 Å². The van der Waals surface area contributed by atoms with E-state index in [9.17, 15) is 22.8 Å². The number of nitrogens with zero attached hydrogens (tertiary/aromatic N) is 2. The maximum Gasteiger partial charge on any atom is 0.417 e. The van der Waals surface area contributed by atoms with Crippen LogP contribution in [0, 0.1) is 27.7 Å². The van der Waals surface area contributed by atoms with Crippen molar-refractivity contribution >= 4 is 27.9 Å². The summed E-state index contributed by atoms with van der Waals surface area (Å²) in [6.45, 7) is 7.64. The monoisotopic (exact) mass is 437 g/mol. The number of carbonyl (C=O) groups excluding carboxylic acids is 3. The number of rotatable bonds is 6. The molecule has 0 radical (unpaired) electrons. The average Bonchev–Trinajstić information content (AvgIpc) is 3.26. The zero-order chi connectivity index (χ0) is 22.2. The molecule has 1 N–H and O–H groups in total. The first-order valence-electron chi connectivity index (χ1n) is 9.86. The van der Waals surface area contributed by atoms with Crippen molar-refractivity contribution in [2.24, 2.45) is 0 Å². The number of nitrogens with one attached hydrogen (secondary N) is 1. The molecule has 0 spiro atoms. The summed E-state index contributed by atoms with van der Waals surface area (Å²) in [6.07, 6.45) is -0.196. The molecule has 0 aliphatic carbocycles. The number of sulfonamides is 1. The Balaban J connectivity index is 1.59. The third kappa shape index (κ3) is 4.20. The van der Waals surface area contributed by atoms with E-state index < -0.39 is 28.1 Å². The minimum absolute atomic E-state index is 0.00671. The molecule has 3 rings (SSSR count). The van der Waals surface area contributed by atoms with Gasteiger partial charge in [0.1, 0.15) is 0 Å². The highest BCUT2D eigenvalue weighted by Gasteiger charge is 2.41. The van der Waals surface area contributed by atoms with Crippen LogP contribution in [0.1, 0.15) is 35.1 Å². The predicted molar refractivity (Wildman–Crippen MR) is 108 cm³/mol. The Labute approximate surface area is 176 Å². The zero-order valence-corrected chi connectivity index (χ0v) is 18.5. The van der Waals surface area contributed by atoms with Crippen LogP contribution >= 0.6 is 0 Å². The first-order valence-corrected chi connectivity index (χ1v) is 11.3. The molecule has 30 heavy (non-hydrogen) atoms. The van der Waals surface area contributed by atoms with Gasteiger partial charge in [0.15, 0.2) is 6.61 Å². The van der Waals surface area contributed by atoms with Crippen LogP contribution in [0.25, 0.3) is 0 Å². The standard InChI is InChI=1S/C20H27N3O6S/c1-12-9-13(2)15(4)19(14(12)3)30(27,28)21-7-5-17(24)22-8-6-16(10-22)23-18(25)11-29-20(23)26/h9,16,21H,5-8,10-11H2,1-4H3/t16-/m0/s1. The molecule has 9 nitrogen and oxygen atoms in total. The van der Waals surface area contributed by atoms with Gasteiger partial charge in [0, 0.05) is 26.1 Å². The number of ether oxygens (including phenoxy) is 1. The number of cyclic esters (lactones) is 1. The summed E-state index contributed by atoms with van der Waals surface area (Å²) in [5, 5.41) is 0. The lowest BCUT2D eigenvalue weighted by molar-refractivity contribution is -0.131. The van der Waals surface area contributed by atoms with Gasteiger partial charge in [-0.05, 0) is 56.4 Å². The Morgan fingerprint density at radius 3 is 2.37 bits per heavy atom. The second-order valence-electron chi connectivity index (χ2n) is 7.84. The lowest BCUT2D eigenvalue weighted by Crippen LogP contribution is -2.42. The van der Waals surface area contributed by atoms with Crippen LogP contribution in [0.4, 0.5) is 4.79 Å². The van der Waals surface area contributed by atoms with E-state index in [1.54, 1.807) is 18.7 Å². The number of hydrogen-bond acceptors (Lipinski definition) is 6. The largest absolute Gasteiger partial charge is 0.439 e. The molecule has 0 saturated carbocycles. The molecule has 2 aliphatic rings. The Hall–Kier alpha value is -2.46. The maximum absolute atomic E-state index is 12.8. The van der Waals surface area contributed by atoms with E-state index >= 15 is 0 Å². The van der Waals surface area contributed by atoms with E-state index in [0.29, 0.717) is 24.1 Å². The van der Waals surface area contributed by atoms with Gasteiger partial charge in [-0.2, -0.15) is 0 Å². The minimum Gasteiger partial charge on any atom is -0.439 e. The van der Waals surface area contributed by atoms with E-state index in [2.05, 4.69) is 4.72 Å². The van der Waals surface area contributed by atoms with Crippen LogP contribution in [0.2, 0.25) is 0 Å². The summed E-state index contributed by atoms with van der Waals surface area (Å²) < 4.78 is 33.0. The molecule has 164 valence electrons. The second-order valence-corrected chi connectivity index (χ2v) is 9.54. The Morgan fingerprint density at radius 2 is 1.80 bits per heavy atom. The first kappa shape index (κ1) is 22.2. The molecule has 2 saturated heterocycles. The summed E-state index contributed by atoms with van der Waals surface area (Å²) in [5.74, 6) is -0.625. The molecule has 0 unspecified atom stereocenters. The van der Waals surface area contributed by atoms with E-state index in [0.717, 1.165) is 16.0 Å². The van der Waals surface area contributed by atoms with Gasteiger partial charge < -0.3 is 9.64 Å². The van der Waals surface area contributed by atoms with Crippen LogP contribution in [0.5, 0.6) is 0 Å². The van der Waals surface area contributed by atoms with Gasteiger partial charge in [0.2, 0.25) is 15.9 Å². The molecule has 2 heterocycles. The smallest absolute Gasteiger partial charge is 0.417 e. The number of aryl methyl sites for hydroxylation is 2. The zero-order valence-electron chi connectivity index (χ0n) is 17.6. The fourth-order valence-electron chi connectivity index (χ4n) is 4.00. The molecular weight excluding hydrogens is 410 g/mol. The van der Waals surface area contributed by atoms with Crippen LogP contribution in [-0.2, 0) is 24.3 Å². The number of amides is 3. The second kappa shape index (κ2) is 8.35. The molecule has 2 fully saturated rings. The van der Waals surface area contributed by atoms with Crippen molar-refractivity contribution in [2.75, 3.05) is 26.2 Å². The Kier molecular flexibility index (Phi) is 6.19. The normalized spacial score (nSPS) is 19.5. The van der Waals surface area contributed by atoms with E-state index in [-0.39, 0.29) is 36.9 Å². The van der Waals surface area contributed by atoms with Gasteiger partial charge >= 0.3 is 6.09 Å². The molecule has 1 aromatic rings. The number of carbonyl (C=O) groups is 3. The van der Waals surface area contributed by atoms with Crippen molar-refractivity contribution in [1.29, 1.82) is 0 Å². The highest BCUT2D eigenvalue weighted by molar-refractivity contribution is 7.89. The van der Waals surface area contributed by atoms with Crippen molar-refractivity contribution in [3.8, 4) is 0 Å². The fraction of sp³-hybridized carbons (Fsp3) is 0.550. The van der Waals surface area contributed by atoms with Crippen molar-refractivity contribution in [1.82, 2.24) is 14.5 Å². The number of likely N-dealkylation sites (tertiary alicyclic amines) is 1. The number of hydrogen-bond donors (Lipinski definition) is 1. The molecular formula is C20H27N3O6S. The van der Waals surface area contributed by atoms with E-state index in [4.69, 9.17) is 4.74 Å². The molecule has 1 atom stereocenters. The summed E-state index contributed by atoms with van der Waals surface area (Å²) in [7, 11) is -3.76. The number of benzene rings is 1. The Bertz CT molecular complexity index is 962. The van der Waals surface area contributed by atoms with Gasteiger partial charge in [-0.25, -0.2) is 22.8 Å². The van der Waals surface area contributed by atoms with Crippen LogP contribution in [0.3, 0.4) is 0 Å². The maximum atomic E-state index is 12.8. The third-order valence-corrected chi connectivity index (χ3v) is 7.60. The number of imide groups is 1. The van der Waals surface area contributed by atoms with Crippen molar-refractivity contribution in [3.63, 3.8) is 0 Å². The van der Waals surface area contributed by atoms with E-state index in [1.807, 2.05) is 19.9 Å². The van der Waals surface area contributed by atoms with Gasteiger partial charge in [0.05, 0.1) is 10.9 Å². The van der Waals surface area contributed by atoms with Crippen molar-refractivity contribution in [3.05, 3.63) is 28.3 Å². The summed E-state index contributed by atoms with van der Waals surface area (Å²) in [6, 6.07) is 1.56. The van der Waals surface area contributed by atoms with Gasteiger partial charge in [-0.3, -0.25) is 9.59 Å². The first-order chi connectivity index (χ1) is 14.0. The quantitative estimate of drug-likeness (QED) is 0.715. The fourth-order valence-corrected chi connectivity index (χ4v) is 5.65. The summed E-state index contributed by atoms with van der Waals surface area (Å²) >= 11 is 0. The highest BCUT2D eigenvalue weighted by atomic mass is 32.2. The Morgan fingerprint density at radius 1 is 1.17 bits per heavy atom. The van der Waals surface area contributed by atoms with Gasteiger partial charge in [-0.15, -0.1) is 0 Å². The van der Waals surface area contributed by atoms with Crippen LogP contribution in [0.15, 0.2) is 11.0 Å². The summed E-state index contributed by atoms with van der Waals surface area (Å²) in [5.41, 5.74) is 3.18. The molecule has 10 heteroatoms. The topological polar surface area (TPSA) is 113 Å². The molecule has 3 amide bonds. The molecule has 0 aromatic heterocycles. The van der Waals surface area contributed by atoms with Crippen molar-refractivity contribution in [2.45, 2.75) is 51.5 Å². The SMILES string of the molecule is Cc1cc(C)c(C)c(S(=O)(=O)NCCC(=O)N2CC[C@H](N3C(=O)COC3=O)C2)c1C. The van der Waals surface area contributed by atoms with Crippen molar-refractivity contribution < 1.29 is 27.5 Å². The van der Waals surface area contributed by atoms with Gasteiger partial charge in [-0.1, -0.05) is 6.07 Å². The van der Waals surface area contributed by atoms with Crippen LogP contribution in [-0.4, -0.2) is 68.4 Å². The third-order valence-electron chi connectivity index (χ3n) is 5.86. The lowest BCUT2D eigenvalue weighted by Gasteiger charge is -2.21. The molecule has 1 aromatic carbocycles. The minimum atomic E-state index is -3.76. The molecule has 2 aliphatic heterocycles. The summed E-state index contributed by atoms with van der Waals surface area (Å²) in [4.78, 5) is 38.8.